The van der Waals surface area contributed by atoms with E-state index in [4.69, 9.17) is 4.84 Å². The van der Waals surface area contributed by atoms with E-state index < -0.39 is 0 Å². The zero-order valence-corrected chi connectivity index (χ0v) is 9.73. The van der Waals surface area contributed by atoms with Crippen LogP contribution < -0.4 is 16.4 Å². The third kappa shape index (κ3) is 2.41. The number of amides is 1. The first-order valence-electron chi connectivity index (χ1n) is 5.99. The van der Waals surface area contributed by atoms with E-state index in [2.05, 4.69) is 20.8 Å². The topological polar surface area (TPSA) is 96.1 Å². The lowest BCUT2D eigenvalue weighted by atomic mass is 10.3. The number of H-pyrrole nitrogens is 1. The largest absolute Gasteiger partial charge is 0.344 e. The second-order valence-corrected chi connectivity index (χ2v) is 4.62. The van der Waals surface area contributed by atoms with Crippen LogP contribution in [0.4, 0.5) is 0 Å². The van der Waals surface area contributed by atoms with E-state index in [1.165, 1.54) is 6.07 Å². The predicted octanol–water partition coefficient (Wildman–Crippen LogP) is -0.720. The minimum atomic E-state index is -0.333. The molecule has 0 bridgehead atoms. The summed E-state index contributed by atoms with van der Waals surface area (Å²) in [5.41, 5.74) is 2.57. The minimum Gasteiger partial charge on any atom is -0.344 e. The van der Waals surface area contributed by atoms with Crippen LogP contribution in [0, 0.1) is 0 Å². The van der Waals surface area contributed by atoms with Crippen molar-refractivity contribution in [2.45, 2.75) is 24.8 Å². The Morgan fingerprint density at radius 2 is 2.33 bits per heavy atom. The number of aromatic nitrogens is 2. The molecule has 1 aromatic heterocycles. The van der Waals surface area contributed by atoms with Crippen molar-refractivity contribution in [1.82, 2.24) is 20.8 Å². The number of hydrogen-bond acceptors (Lipinski definition) is 5. The van der Waals surface area contributed by atoms with Crippen molar-refractivity contribution in [1.29, 1.82) is 0 Å². The Labute approximate surface area is 103 Å². The quantitative estimate of drug-likeness (QED) is 0.658. The molecule has 1 unspecified atom stereocenters. The van der Waals surface area contributed by atoms with Gasteiger partial charge in [0, 0.05) is 18.5 Å². The van der Waals surface area contributed by atoms with Crippen molar-refractivity contribution < 1.29 is 9.63 Å². The van der Waals surface area contributed by atoms with Gasteiger partial charge in [-0.2, -0.15) is 0 Å². The lowest BCUT2D eigenvalue weighted by Crippen LogP contribution is -2.39. The first-order chi connectivity index (χ1) is 8.72. The summed E-state index contributed by atoms with van der Waals surface area (Å²) in [5.74, 6) is 0.593. The lowest BCUT2D eigenvalue weighted by molar-refractivity contribution is 0.0882. The molecule has 0 spiro atoms. The molecule has 1 aliphatic heterocycles. The zero-order valence-electron chi connectivity index (χ0n) is 9.73. The summed E-state index contributed by atoms with van der Waals surface area (Å²) >= 11 is 0. The molecule has 1 aliphatic carbocycles. The van der Waals surface area contributed by atoms with Gasteiger partial charge in [0.05, 0.1) is 12.6 Å². The van der Waals surface area contributed by atoms with E-state index >= 15 is 0 Å². The fraction of sp³-hybridized carbons (Fsp3) is 0.545. The summed E-state index contributed by atoms with van der Waals surface area (Å²) in [7, 11) is 0. The van der Waals surface area contributed by atoms with Gasteiger partial charge in [-0.1, -0.05) is 0 Å². The van der Waals surface area contributed by atoms with Crippen molar-refractivity contribution in [3.05, 3.63) is 27.9 Å². The van der Waals surface area contributed by atoms with Gasteiger partial charge in [0.25, 0.3) is 11.5 Å². The summed E-state index contributed by atoms with van der Waals surface area (Å²) in [6.45, 7) is 0.981. The fourth-order valence-corrected chi connectivity index (χ4v) is 1.87. The molecule has 7 nitrogen and oxygen atoms in total. The first-order valence-corrected chi connectivity index (χ1v) is 5.99. The van der Waals surface area contributed by atoms with Crippen LogP contribution in [0.5, 0.6) is 0 Å². The van der Waals surface area contributed by atoms with Crippen LogP contribution in [0.25, 0.3) is 0 Å². The summed E-state index contributed by atoms with van der Waals surface area (Å²) < 4.78 is 0. The molecule has 1 amide bonds. The summed E-state index contributed by atoms with van der Waals surface area (Å²) in [5, 5.41) is 2.77. The highest BCUT2D eigenvalue weighted by atomic mass is 16.7. The number of hydrogen-bond donors (Lipinski definition) is 3. The predicted molar refractivity (Wildman–Crippen MR) is 62.0 cm³/mol. The molecule has 7 heteroatoms. The number of nitrogens with one attached hydrogen (secondary N) is 3. The highest BCUT2D eigenvalue weighted by Gasteiger charge is 2.27. The third-order valence-electron chi connectivity index (χ3n) is 3.01. The number of hydroxylamine groups is 1. The molecule has 0 radical (unpaired) electrons. The highest BCUT2D eigenvalue weighted by molar-refractivity contribution is 5.92. The molecule has 1 atom stereocenters. The second kappa shape index (κ2) is 4.51. The van der Waals surface area contributed by atoms with Gasteiger partial charge in [-0.3, -0.25) is 14.4 Å². The first kappa shape index (κ1) is 11.4. The summed E-state index contributed by atoms with van der Waals surface area (Å²) in [6.07, 6.45) is 2.04. The van der Waals surface area contributed by atoms with Crippen LogP contribution in [-0.4, -0.2) is 35.1 Å². The van der Waals surface area contributed by atoms with Gasteiger partial charge in [-0.25, -0.2) is 10.5 Å². The maximum atomic E-state index is 11.9. The van der Waals surface area contributed by atoms with Gasteiger partial charge in [-0.15, -0.1) is 0 Å². The Morgan fingerprint density at radius 3 is 3.00 bits per heavy atom. The highest BCUT2D eigenvalue weighted by Crippen LogP contribution is 2.37. The molecule has 96 valence electrons. The molecule has 3 rings (SSSR count). The van der Waals surface area contributed by atoms with Gasteiger partial charge >= 0.3 is 0 Å². The normalized spacial score (nSPS) is 23.0. The van der Waals surface area contributed by atoms with E-state index in [0.29, 0.717) is 24.9 Å². The van der Waals surface area contributed by atoms with Crippen LogP contribution in [0.2, 0.25) is 0 Å². The van der Waals surface area contributed by atoms with Crippen molar-refractivity contribution in [2.75, 3.05) is 13.2 Å². The van der Waals surface area contributed by atoms with Crippen molar-refractivity contribution >= 4 is 5.91 Å². The maximum Gasteiger partial charge on any atom is 0.270 e. The molecule has 1 saturated carbocycles. The monoisotopic (exact) mass is 250 g/mol. The molecular formula is C11H14N4O3. The molecule has 0 aromatic carbocycles. The fourth-order valence-electron chi connectivity index (χ4n) is 1.87. The number of nitrogens with zero attached hydrogens (tertiary/aromatic N) is 1. The van der Waals surface area contributed by atoms with Crippen molar-refractivity contribution in [2.24, 2.45) is 0 Å². The summed E-state index contributed by atoms with van der Waals surface area (Å²) in [6, 6.07) is 1.15. The Kier molecular flexibility index (Phi) is 2.85. The van der Waals surface area contributed by atoms with Crippen molar-refractivity contribution in [3.63, 3.8) is 0 Å². The van der Waals surface area contributed by atoms with Crippen LogP contribution >= 0.6 is 0 Å². The number of aromatic amines is 1. The lowest BCUT2D eigenvalue weighted by Gasteiger charge is -2.09. The molecular weight excluding hydrogens is 236 g/mol. The third-order valence-corrected chi connectivity index (χ3v) is 3.01. The van der Waals surface area contributed by atoms with Crippen LogP contribution in [0.1, 0.15) is 35.1 Å². The molecule has 1 saturated heterocycles. The Hall–Kier alpha value is -1.73. The van der Waals surface area contributed by atoms with E-state index in [0.717, 1.165) is 12.8 Å². The molecule has 2 aliphatic rings. The second-order valence-electron chi connectivity index (χ2n) is 4.62. The van der Waals surface area contributed by atoms with Crippen LogP contribution in [0.3, 0.4) is 0 Å². The SMILES string of the molecule is O=C(NC1CNOC1)c1cc(=O)[nH]c(C2CC2)n1. The van der Waals surface area contributed by atoms with Gasteiger partial charge in [-0.05, 0) is 12.8 Å². The number of carbonyl (C=O) groups excluding carboxylic acids is 1. The average molecular weight is 250 g/mol. The van der Waals surface area contributed by atoms with E-state index in [-0.39, 0.29) is 23.2 Å². The minimum absolute atomic E-state index is 0.0806. The smallest absolute Gasteiger partial charge is 0.270 e. The molecule has 1 aromatic rings. The number of rotatable bonds is 3. The van der Waals surface area contributed by atoms with E-state index in [9.17, 15) is 9.59 Å². The molecule has 2 heterocycles. The Bertz CT molecular complexity index is 517. The maximum absolute atomic E-state index is 11.9. The van der Waals surface area contributed by atoms with Gasteiger partial charge in [0.2, 0.25) is 0 Å². The van der Waals surface area contributed by atoms with Crippen LogP contribution in [-0.2, 0) is 4.84 Å². The Morgan fingerprint density at radius 1 is 1.50 bits per heavy atom. The van der Waals surface area contributed by atoms with Gasteiger partial charge < -0.3 is 10.3 Å². The van der Waals surface area contributed by atoms with Crippen LogP contribution in [0.15, 0.2) is 10.9 Å². The molecule has 18 heavy (non-hydrogen) atoms. The van der Waals surface area contributed by atoms with E-state index in [1.54, 1.807) is 0 Å². The summed E-state index contributed by atoms with van der Waals surface area (Å²) in [4.78, 5) is 35.2. The zero-order chi connectivity index (χ0) is 12.5. The van der Waals surface area contributed by atoms with Gasteiger partial charge in [0.15, 0.2) is 0 Å². The van der Waals surface area contributed by atoms with E-state index in [1.807, 2.05) is 0 Å². The molecule has 2 fully saturated rings. The van der Waals surface area contributed by atoms with Crippen molar-refractivity contribution in [3.8, 4) is 0 Å². The average Bonchev–Trinajstić information content (AvgIpc) is 3.08. The number of carbonyl (C=O) groups is 1. The Balaban J connectivity index is 1.77. The standard InChI is InChI=1S/C11H14N4O3/c16-9-3-8(14-10(15-9)6-1-2-6)11(17)13-7-4-12-18-5-7/h3,6-7,12H,1-2,4-5H2,(H,13,17)(H,14,15,16). The molecule has 3 N–H and O–H groups in total. The van der Waals surface area contributed by atoms with Gasteiger partial charge in [0.1, 0.15) is 11.5 Å².